The summed E-state index contributed by atoms with van der Waals surface area (Å²) in [6.45, 7) is 5.33. The van der Waals surface area contributed by atoms with Gasteiger partial charge in [0.25, 0.3) is 0 Å². The van der Waals surface area contributed by atoms with Crippen LogP contribution in [-0.2, 0) is 4.74 Å². The van der Waals surface area contributed by atoms with Gasteiger partial charge in [0.2, 0.25) is 0 Å². The van der Waals surface area contributed by atoms with Gasteiger partial charge in [-0.1, -0.05) is 0 Å². The highest BCUT2D eigenvalue weighted by molar-refractivity contribution is 5.65. The maximum Gasteiger partial charge on any atom is 0.180 e. The van der Waals surface area contributed by atoms with Crippen LogP contribution in [0, 0.1) is 0 Å². The van der Waals surface area contributed by atoms with Crippen molar-refractivity contribution in [2.75, 3.05) is 24.3 Å². The average Bonchev–Trinajstić information content (AvgIpc) is 2.74. The molecule has 2 aromatic rings. The molecule has 6 nitrogen and oxygen atoms in total. The van der Waals surface area contributed by atoms with E-state index in [0.717, 1.165) is 5.65 Å². The highest BCUT2D eigenvalue weighted by atomic mass is 16.5. The Hall–Kier alpha value is -1.82. The molecule has 0 radical (unpaired) electrons. The summed E-state index contributed by atoms with van der Waals surface area (Å²) in [6.07, 6.45) is 5.29. The Morgan fingerprint density at radius 2 is 2.41 bits per heavy atom. The molecule has 0 spiro atoms. The minimum absolute atomic E-state index is 0.157. The summed E-state index contributed by atoms with van der Waals surface area (Å²) < 4.78 is 7.19. The van der Waals surface area contributed by atoms with E-state index < -0.39 is 0 Å². The molecule has 0 saturated heterocycles. The van der Waals surface area contributed by atoms with Gasteiger partial charge in [-0.15, -0.1) is 0 Å². The van der Waals surface area contributed by atoms with Crippen molar-refractivity contribution >= 4 is 17.3 Å². The SMILES string of the molecule is CCOCC(C)Nc1nc(N)cn2ccnc12. The predicted molar refractivity (Wildman–Crippen MR) is 67.0 cm³/mol. The molecular formula is C11H17N5O. The second-order valence-electron chi connectivity index (χ2n) is 3.88. The zero-order valence-corrected chi connectivity index (χ0v) is 10.1. The third kappa shape index (κ3) is 2.65. The van der Waals surface area contributed by atoms with E-state index in [1.807, 2.05) is 24.4 Å². The molecule has 3 N–H and O–H groups in total. The first kappa shape index (κ1) is 11.7. The van der Waals surface area contributed by atoms with Crippen LogP contribution < -0.4 is 11.1 Å². The molecule has 0 aliphatic rings. The maximum absolute atomic E-state index is 5.73. The van der Waals surface area contributed by atoms with Crippen molar-refractivity contribution in [2.24, 2.45) is 0 Å². The van der Waals surface area contributed by atoms with Gasteiger partial charge in [0.15, 0.2) is 11.5 Å². The summed E-state index contributed by atoms with van der Waals surface area (Å²) >= 11 is 0. The van der Waals surface area contributed by atoms with Crippen molar-refractivity contribution in [3.63, 3.8) is 0 Å². The van der Waals surface area contributed by atoms with Crippen LogP contribution in [0.2, 0.25) is 0 Å². The smallest absolute Gasteiger partial charge is 0.180 e. The van der Waals surface area contributed by atoms with Crippen molar-refractivity contribution in [2.45, 2.75) is 19.9 Å². The number of hydrogen-bond donors (Lipinski definition) is 2. The standard InChI is InChI=1S/C11H17N5O/c1-3-17-7-8(2)14-10-11-13-4-5-16(11)6-9(12)15-10/h4-6,8H,3,7,12H2,1-2H3,(H,14,15). The second-order valence-corrected chi connectivity index (χ2v) is 3.88. The van der Waals surface area contributed by atoms with Crippen LogP contribution in [0.1, 0.15) is 13.8 Å². The Balaban J connectivity index is 2.19. The first-order valence-corrected chi connectivity index (χ1v) is 5.64. The van der Waals surface area contributed by atoms with Crippen LogP contribution in [-0.4, -0.2) is 33.6 Å². The molecular weight excluding hydrogens is 218 g/mol. The summed E-state index contributed by atoms with van der Waals surface area (Å²) in [6, 6.07) is 0.157. The molecule has 0 aliphatic carbocycles. The van der Waals surface area contributed by atoms with Crippen LogP contribution in [0.25, 0.3) is 5.65 Å². The van der Waals surface area contributed by atoms with Gasteiger partial charge in [0.05, 0.1) is 12.8 Å². The van der Waals surface area contributed by atoms with Crippen LogP contribution in [0.15, 0.2) is 18.6 Å². The highest BCUT2D eigenvalue weighted by Crippen LogP contribution is 2.15. The number of nitrogens with two attached hydrogens (primary N) is 1. The number of nitrogens with zero attached hydrogens (tertiary/aromatic N) is 3. The molecule has 2 heterocycles. The van der Waals surface area contributed by atoms with Gasteiger partial charge in [0.1, 0.15) is 5.82 Å². The zero-order valence-electron chi connectivity index (χ0n) is 10.1. The van der Waals surface area contributed by atoms with Crippen LogP contribution in [0.3, 0.4) is 0 Å². The first-order chi connectivity index (χ1) is 8.20. The molecule has 0 bridgehead atoms. The maximum atomic E-state index is 5.73. The molecule has 0 saturated carbocycles. The van der Waals surface area contributed by atoms with Gasteiger partial charge in [-0.25, -0.2) is 9.97 Å². The van der Waals surface area contributed by atoms with E-state index in [4.69, 9.17) is 10.5 Å². The number of hydrogen-bond acceptors (Lipinski definition) is 5. The Bertz CT molecular complexity index is 496. The molecule has 6 heteroatoms. The van der Waals surface area contributed by atoms with Gasteiger partial charge >= 0.3 is 0 Å². The van der Waals surface area contributed by atoms with Crippen LogP contribution >= 0.6 is 0 Å². The fraction of sp³-hybridized carbons (Fsp3) is 0.455. The van der Waals surface area contributed by atoms with Crippen molar-refractivity contribution in [3.05, 3.63) is 18.6 Å². The van der Waals surface area contributed by atoms with E-state index in [2.05, 4.69) is 15.3 Å². The minimum atomic E-state index is 0.157. The Morgan fingerprint density at radius 1 is 1.59 bits per heavy atom. The number of rotatable bonds is 5. The minimum Gasteiger partial charge on any atom is -0.382 e. The van der Waals surface area contributed by atoms with E-state index in [1.54, 1.807) is 12.4 Å². The molecule has 92 valence electrons. The molecule has 0 aliphatic heterocycles. The van der Waals surface area contributed by atoms with E-state index in [0.29, 0.717) is 24.8 Å². The first-order valence-electron chi connectivity index (χ1n) is 5.64. The lowest BCUT2D eigenvalue weighted by Gasteiger charge is -2.15. The van der Waals surface area contributed by atoms with Crippen LogP contribution in [0.4, 0.5) is 11.6 Å². The largest absolute Gasteiger partial charge is 0.382 e. The summed E-state index contributed by atoms with van der Waals surface area (Å²) in [5.74, 6) is 1.14. The molecule has 1 atom stereocenters. The Morgan fingerprint density at radius 3 is 3.18 bits per heavy atom. The molecule has 2 rings (SSSR count). The third-order valence-corrected chi connectivity index (χ3v) is 2.35. The fourth-order valence-electron chi connectivity index (χ4n) is 1.62. The normalized spacial score (nSPS) is 12.8. The lowest BCUT2D eigenvalue weighted by atomic mass is 10.3. The van der Waals surface area contributed by atoms with Crippen molar-refractivity contribution < 1.29 is 4.74 Å². The summed E-state index contributed by atoms with van der Waals surface area (Å²) in [5, 5.41) is 3.25. The topological polar surface area (TPSA) is 77.5 Å². The lowest BCUT2D eigenvalue weighted by molar-refractivity contribution is 0.141. The number of nitrogen functional groups attached to an aromatic ring is 1. The summed E-state index contributed by atoms with van der Waals surface area (Å²) in [7, 11) is 0. The molecule has 1 unspecified atom stereocenters. The van der Waals surface area contributed by atoms with Gasteiger partial charge in [0, 0.05) is 25.0 Å². The van der Waals surface area contributed by atoms with Crippen molar-refractivity contribution in [1.29, 1.82) is 0 Å². The van der Waals surface area contributed by atoms with Gasteiger partial charge in [-0.2, -0.15) is 0 Å². The predicted octanol–water partition coefficient (Wildman–Crippen LogP) is 1.15. The number of fused-ring (bicyclic) bond motifs is 1. The third-order valence-electron chi connectivity index (χ3n) is 2.35. The summed E-state index contributed by atoms with van der Waals surface area (Å²) in [4.78, 5) is 8.48. The lowest BCUT2D eigenvalue weighted by Crippen LogP contribution is -2.23. The van der Waals surface area contributed by atoms with E-state index in [9.17, 15) is 0 Å². The number of nitrogens with one attached hydrogen (secondary N) is 1. The number of aromatic nitrogens is 3. The Labute approximate surface area is 99.8 Å². The zero-order chi connectivity index (χ0) is 12.3. The Kier molecular flexibility index (Phi) is 3.43. The molecule has 2 aromatic heterocycles. The number of imidazole rings is 1. The monoisotopic (exact) mass is 235 g/mol. The quantitative estimate of drug-likeness (QED) is 0.812. The molecule has 0 fully saturated rings. The molecule has 0 aromatic carbocycles. The van der Waals surface area contributed by atoms with Crippen molar-refractivity contribution in [3.8, 4) is 0 Å². The van der Waals surface area contributed by atoms with Crippen molar-refractivity contribution in [1.82, 2.24) is 14.4 Å². The average molecular weight is 235 g/mol. The van der Waals surface area contributed by atoms with E-state index in [-0.39, 0.29) is 6.04 Å². The summed E-state index contributed by atoms with van der Waals surface area (Å²) in [5.41, 5.74) is 6.50. The van der Waals surface area contributed by atoms with E-state index in [1.165, 1.54) is 0 Å². The van der Waals surface area contributed by atoms with Gasteiger partial charge in [-0.3, -0.25) is 0 Å². The fourth-order valence-corrected chi connectivity index (χ4v) is 1.62. The second kappa shape index (κ2) is 5.01. The molecule has 0 amide bonds. The van der Waals surface area contributed by atoms with Gasteiger partial charge < -0.3 is 20.2 Å². The number of anilines is 2. The number of ether oxygens (including phenoxy) is 1. The van der Waals surface area contributed by atoms with Crippen LogP contribution in [0.5, 0.6) is 0 Å². The molecule has 17 heavy (non-hydrogen) atoms. The highest BCUT2D eigenvalue weighted by Gasteiger charge is 2.09. The van der Waals surface area contributed by atoms with Gasteiger partial charge in [-0.05, 0) is 13.8 Å². The van der Waals surface area contributed by atoms with E-state index >= 15 is 0 Å².